The molecule has 3 nitrogen and oxygen atoms in total. The Bertz CT molecular complexity index is 317. The van der Waals surface area contributed by atoms with Crippen molar-refractivity contribution in [2.45, 2.75) is 57.0 Å². The van der Waals surface area contributed by atoms with Gasteiger partial charge in [-0.05, 0) is 57.0 Å². The predicted molar refractivity (Wildman–Crippen MR) is 82.9 cm³/mol. The summed E-state index contributed by atoms with van der Waals surface area (Å²) in [6.07, 6.45) is 11.4. The van der Waals surface area contributed by atoms with Gasteiger partial charge in [0.05, 0.1) is 0 Å². The molecule has 1 spiro atoms. The Morgan fingerprint density at radius 3 is 2.60 bits per heavy atom. The molecule has 1 atom stereocenters. The van der Waals surface area contributed by atoms with Gasteiger partial charge in [-0.2, -0.15) is 0 Å². The maximum Gasteiger partial charge on any atom is 0.0471 e. The van der Waals surface area contributed by atoms with Crippen LogP contribution in [0.25, 0.3) is 0 Å². The van der Waals surface area contributed by atoms with Crippen molar-refractivity contribution in [2.24, 2.45) is 5.41 Å². The summed E-state index contributed by atoms with van der Waals surface area (Å²) >= 11 is 0. The molecule has 2 saturated heterocycles. The largest absolute Gasteiger partial charge is 0.381 e. The van der Waals surface area contributed by atoms with Gasteiger partial charge < -0.3 is 10.1 Å². The van der Waals surface area contributed by atoms with Crippen LogP contribution in [0, 0.1) is 5.41 Å². The van der Waals surface area contributed by atoms with Gasteiger partial charge in [0.15, 0.2) is 0 Å². The molecule has 3 fully saturated rings. The quantitative estimate of drug-likeness (QED) is 0.800. The van der Waals surface area contributed by atoms with Crippen LogP contribution in [-0.2, 0) is 4.74 Å². The minimum atomic E-state index is 0.566. The van der Waals surface area contributed by atoms with E-state index in [9.17, 15) is 0 Å². The van der Waals surface area contributed by atoms with E-state index in [0.29, 0.717) is 5.41 Å². The second-order valence-corrected chi connectivity index (χ2v) is 6.95. The van der Waals surface area contributed by atoms with Crippen molar-refractivity contribution in [3.05, 3.63) is 12.7 Å². The minimum absolute atomic E-state index is 0.566. The van der Waals surface area contributed by atoms with E-state index >= 15 is 0 Å². The molecule has 3 aliphatic rings. The zero-order chi connectivity index (χ0) is 13.8. The number of ether oxygens (including phenoxy) is 1. The number of nitrogens with one attached hydrogen (secondary N) is 1. The standard InChI is InChI=1S/C17H30N2O/c1-2-10-19-11-5-15(6-12-19)18-16-4-3-7-17(16)8-13-20-14-9-17/h2,15-16,18H,1,3-14H2. The third-order valence-corrected chi connectivity index (χ3v) is 5.81. The van der Waals surface area contributed by atoms with Crippen LogP contribution in [0.4, 0.5) is 0 Å². The monoisotopic (exact) mass is 278 g/mol. The first-order valence-corrected chi connectivity index (χ1v) is 8.49. The number of nitrogens with zero attached hydrogens (tertiary/aromatic N) is 1. The van der Waals surface area contributed by atoms with Crippen molar-refractivity contribution >= 4 is 0 Å². The van der Waals surface area contributed by atoms with Crippen LogP contribution < -0.4 is 5.32 Å². The van der Waals surface area contributed by atoms with E-state index in [1.54, 1.807) is 0 Å². The van der Waals surface area contributed by atoms with Crippen molar-refractivity contribution < 1.29 is 4.74 Å². The molecule has 3 rings (SSSR count). The van der Waals surface area contributed by atoms with Crippen molar-refractivity contribution in [2.75, 3.05) is 32.8 Å². The van der Waals surface area contributed by atoms with Crippen LogP contribution in [0.5, 0.6) is 0 Å². The van der Waals surface area contributed by atoms with Crippen molar-refractivity contribution in [1.29, 1.82) is 0 Å². The minimum Gasteiger partial charge on any atom is -0.381 e. The maximum atomic E-state index is 5.59. The Hall–Kier alpha value is -0.380. The second kappa shape index (κ2) is 6.59. The van der Waals surface area contributed by atoms with Gasteiger partial charge in [0.2, 0.25) is 0 Å². The highest BCUT2D eigenvalue weighted by Gasteiger charge is 2.44. The average Bonchev–Trinajstić information content (AvgIpc) is 2.84. The van der Waals surface area contributed by atoms with Gasteiger partial charge in [0, 0.05) is 31.8 Å². The van der Waals surface area contributed by atoms with Gasteiger partial charge in [-0.15, -0.1) is 6.58 Å². The smallest absolute Gasteiger partial charge is 0.0471 e. The normalized spacial score (nSPS) is 31.7. The summed E-state index contributed by atoms with van der Waals surface area (Å²) in [6, 6.07) is 1.49. The van der Waals surface area contributed by atoms with Gasteiger partial charge in [-0.1, -0.05) is 12.5 Å². The number of piperidine rings is 1. The van der Waals surface area contributed by atoms with Crippen molar-refractivity contribution in [3.63, 3.8) is 0 Å². The lowest BCUT2D eigenvalue weighted by Crippen LogP contribution is -2.51. The summed E-state index contributed by atoms with van der Waals surface area (Å²) in [5, 5.41) is 4.03. The molecular formula is C17H30N2O. The maximum absolute atomic E-state index is 5.59. The summed E-state index contributed by atoms with van der Waals surface area (Å²) in [7, 11) is 0. The van der Waals surface area contributed by atoms with Gasteiger partial charge in [-0.3, -0.25) is 4.90 Å². The molecule has 0 aromatic rings. The zero-order valence-electron chi connectivity index (χ0n) is 12.8. The highest BCUT2D eigenvalue weighted by molar-refractivity contribution is 4.99. The summed E-state index contributed by atoms with van der Waals surface area (Å²) in [5.74, 6) is 0. The highest BCUT2D eigenvalue weighted by Crippen LogP contribution is 2.46. The van der Waals surface area contributed by atoms with Gasteiger partial charge >= 0.3 is 0 Å². The molecule has 114 valence electrons. The van der Waals surface area contributed by atoms with E-state index < -0.39 is 0 Å². The fourth-order valence-electron chi connectivity index (χ4n) is 4.52. The van der Waals surface area contributed by atoms with Gasteiger partial charge in [0.1, 0.15) is 0 Å². The third-order valence-electron chi connectivity index (χ3n) is 5.81. The molecule has 0 bridgehead atoms. The Kier molecular flexibility index (Phi) is 4.79. The van der Waals surface area contributed by atoms with Crippen LogP contribution in [0.2, 0.25) is 0 Å². The Labute approximate surface area is 123 Å². The molecule has 1 saturated carbocycles. The molecular weight excluding hydrogens is 248 g/mol. The van der Waals surface area contributed by atoms with Crippen molar-refractivity contribution in [3.8, 4) is 0 Å². The first-order chi connectivity index (χ1) is 9.82. The molecule has 1 N–H and O–H groups in total. The Morgan fingerprint density at radius 2 is 1.90 bits per heavy atom. The molecule has 0 aromatic heterocycles. The number of hydrogen-bond donors (Lipinski definition) is 1. The van der Waals surface area contributed by atoms with E-state index in [-0.39, 0.29) is 0 Å². The second-order valence-electron chi connectivity index (χ2n) is 6.95. The molecule has 2 heterocycles. The zero-order valence-corrected chi connectivity index (χ0v) is 12.8. The fraction of sp³-hybridized carbons (Fsp3) is 0.882. The summed E-state index contributed by atoms with van der Waals surface area (Å²) in [6.45, 7) is 9.32. The fourth-order valence-corrected chi connectivity index (χ4v) is 4.52. The number of hydrogen-bond acceptors (Lipinski definition) is 3. The lowest BCUT2D eigenvalue weighted by molar-refractivity contribution is 0.000971. The Balaban J connectivity index is 1.51. The van der Waals surface area contributed by atoms with Crippen LogP contribution in [0.15, 0.2) is 12.7 Å². The molecule has 1 aliphatic carbocycles. The average molecular weight is 278 g/mol. The summed E-state index contributed by atoms with van der Waals surface area (Å²) in [4.78, 5) is 2.52. The molecule has 2 aliphatic heterocycles. The molecule has 0 amide bonds. The first-order valence-electron chi connectivity index (χ1n) is 8.49. The van der Waals surface area contributed by atoms with Gasteiger partial charge in [-0.25, -0.2) is 0 Å². The van der Waals surface area contributed by atoms with Crippen LogP contribution in [0.1, 0.15) is 44.9 Å². The lowest BCUT2D eigenvalue weighted by Gasteiger charge is -2.42. The SMILES string of the molecule is C=CCN1CCC(NC2CCCC23CCOCC3)CC1. The van der Waals surface area contributed by atoms with E-state index in [2.05, 4.69) is 16.8 Å². The van der Waals surface area contributed by atoms with E-state index in [1.807, 2.05) is 6.08 Å². The number of rotatable bonds is 4. The summed E-state index contributed by atoms with van der Waals surface area (Å²) in [5.41, 5.74) is 0.566. The van der Waals surface area contributed by atoms with E-state index in [0.717, 1.165) is 31.8 Å². The molecule has 1 unspecified atom stereocenters. The number of likely N-dealkylation sites (tertiary alicyclic amines) is 1. The first kappa shape index (κ1) is 14.6. The van der Waals surface area contributed by atoms with Crippen molar-refractivity contribution in [1.82, 2.24) is 10.2 Å². The highest BCUT2D eigenvalue weighted by atomic mass is 16.5. The topological polar surface area (TPSA) is 24.5 Å². The Morgan fingerprint density at radius 1 is 1.15 bits per heavy atom. The van der Waals surface area contributed by atoms with Crippen LogP contribution >= 0.6 is 0 Å². The van der Waals surface area contributed by atoms with Crippen LogP contribution in [0.3, 0.4) is 0 Å². The molecule has 0 aromatic carbocycles. The van der Waals surface area contributed by atoms with Gasteiger partial charge in [0.25, 0.3) is 0 Å². The third kappa shape index (κ3) is 3.10. The summed E-state index contributed by atoms with van der Waals surface area (Å²) < 4.78 is 5.59. The molecule has 3 heteroatoms. The predicted octanol–water partition coefficient (Wildman–Crippen LogP) is 2.58. The lowest BCUT2D eigenvalue weighted by atomic mass is 9.75. The molecule has 20 heavy (non-hydrogen) atoms. The van der Waals surface area contributed by atoms with E-state index in [4.69, 9.17) is 4.74 Å². The molecule has 0 radical (unpaired) electrons. The van der Waals surface area contributed by atoms with Crippen LogP contribution in [-0.4, -0.2) is 49.8 Å². The van der Waals surface area contributed by atoms with E-state index in [1.165, 1.54) is 58.0 Å².